The summed E-state index contributed by atoms with van der Waals surface area (Å²) in [5, 5.41) is 3.14. The first kappa shape index (κ1) is 21.9. The maximum atomic E-state index is 13.3. The lowest BCUT2D eigenvalue weighted by molar-refractivity contribution is -0.132. The van der Waals surface area contributed by atoms with Crippen molar-refractivity contribution in [2.24, 2.45) is 0 Å². The minimum absolute atomic E-state index is 0.0502. The molecule has 2 aromatic carbocycles. The van der Waals surface area contributed by atoms with E-state index in [0.29, 0.717) is 38.8 Å². The highest BCUT2D eigenvalue weighted by molar-refractivity contribution is 5.80. The van der Waals surface area contributed by atoms with E-state index in [0.717, 1.165) is 24.2 Å². The van der Waals surface area contributed by atoms with Crippen LogP contribution in [-0.2, 0) is 29.0 Å². The van der Waals surface area contributed by atoms with Crippen molar-refractivity contribution < 1.29 is 14.0 Å². The van der Waals surface area contributed by atoms with Crippen molar-refractivity contribution in [2.75, 3.05) is 6.54 Å². The van der Waals surface area contributed by atoms with Crippen molar-refractivity contribution >= 4 is 11.8 Å². The fourth-order valence-electron chi connectivity index (χ4n) is 4.44. The van der Waals surface area contributed by atoms with E-state index in [1.54, 1.807) is 6.26 Å². The number of nitrogens with zero attached hydrogens (tertiary/aromatic N) is 1. The Kier molecular flexibility index (Phi) is 7.05. The van der Waals surface area contributed by atoms with Crippen LogP contribution < -0.4 is 5.32 Å². The molecule has 0 saturated carbocycles. The number of furan rings is 1. The average molecular weight is 431 g/mol. The lowest BCUT2D eigenvalue weighted by atomic mass is 9.87. The summed E-state index contributed by atoms with van der Waals surface area (Å²) in [4.78, 5) is 27.3. The Morgan fingerprint density at radius 1 is 0.969 bits per heavy atom. The van der Waals surface area contributed by atoms with Gasteiger partial charge in [-0.1, -0.05) is 60.7 Å². The highest BCUT2D eigenvalue weighted by Gasteiger charge is 2.39. The number of rotatable bonds is 10. The zero-order chi connectivity index (χ0) is 22.2. The molecule has 2 heterocycles. The Hall–Kier alpha value is -3.34. The smallest absolute Gasteiger partial charge is 0.222 e. The van der Waals surface area contributed by atoms with E-state index >= 15 is 0 Å². The fourth-order valence-corrected chi connectivity index (χ4v) is 4.44. The molecule has 1 N–H and O–H groups in total. The van der Waals surface area contributed by atoms with Crippen molar-refractivity contribution in [2.45, 2.75) is 50.6 Å². The summed E-state index contributed by atoms with van der Waals surface area (Å²) in [7, 11) is 0. The maximum absolute atomic E-state index is 13.3. The van der Waals surface area contributed by atoms with Gasteiger partial charge in [-0.3, -0.25) is 9.59 Å². The molecule has 1 atom stereocenters. The van der Waals surface area contributed by atoms with Gasteiger partial charge < -0.3 is 14.6 Å². The summed E-state index contributed by atoms with van der Waals surface area (Å²) in [6.07, 6.45) is 5.29. The number of hydrogen-bond donors (Lipinski definition) is 1. The van der Waals surface area contributed by atoms with Crippen molar-refractivity contribution in [3.63, 3.8) is 0 Å². The third-order valence-corrected chi connectivity index (χ3v) is 6.23. The Morgan fingerprint density at radius 2 is 1.69 bits per heavy atom. The summed E-state index contributed by atoms with van der Waals surface area (Å²) in [5.74, 6) is 1.00. The molecule has 1 aromatic heterocycles. The van der Waals surface area contributed by atoms with Gasteiger partial charge in [-0.15, -0.1) is 0 Å². The molecule has 0 radical (unpaired) electrons. The molecule has 166 valence electrons. The Balaban J connectivity index is 1.43. The van der Waals surface area contributed by atoms with Gasteiger partial charge in [-0.25, -0.2) is 0 Å². The standard InChI is InChI=1S/C27H30N2O3/c30-25-13-16-27(28-25,20-24-12-7-19-32-24)17-14-26(31)29(21-23-10-5-2-6-11-23)18-15-22-8-3-1-4-9-22/h1-12,19H,13-18,20-21H2,(H,28,30)/t27-/m1/s1. The molecule has 5 nitrogen and oxygen atoms in total. The number of carbonyl (C=O) groups excluding carboxylic acids is 2. The van der Waals surface area contributed by atoms with Crippen LogP contribution in [0.1, 0.15) is 42.6 Å². The third kappa shape index (κ3) is 5.88. The molecule has 1 saturated heterocycles. The Bertz CT molecular complexity index is 1000. The van der Waals surface area contributed by atoms with Gasteiger partial charge in [0.1, 0.15) is 5.76 Å². The van der Waals surface area contributed by atoms with Crippen LogP contribution in [0.15, 0.2) is 83.5 Å². The van der Waals surface area contributed by atoms with Gasteiger partial charge >= 0.3 is 0 Å². The molecule has 1 aliphatic heterocycles. The van der Waals surface area contributed by atoms with E-state index in [1.807, 2.05) is 53.4 Å². The molecule has 5 heteroatoms. The molecule has 4 rings (SSSR count). The van der Waals surface area contributed by atoms with Crippen LogP contribution in [0.25, 0.3) is 0 Å². The first-order valence-electron chi connectivity index (χ1n) is 11.3. The second-order valence-electron chi connectivity index (χ2n) is 8.62. The number of nitrogens with one attached hydrogen (secondary N) is 1. The van der Waals surface area contributed by atoms with E-state index in [2.05, 4.69) is 29.6 Å². The summed E-state index contributed by atoms with van der Waals surface area (Å²) in [6, 6.07) is 24.1. The summed E-state index contributed by atoms with van der Waals surface area (Å²) in [5.41, 5.74) is 1.92. The van der Waals surface area contributed by atoms with Crippen molar-refractivity contribution in [3.05, 3.63) is 95.9 Å². The van der Waals surface area contributed by atoms with Gasteiger partial charge in [-0.05, 0) is 42.5 Å². The van der Waals surface area contributed by atoms with Crippen LogP contribution in [0.4, 0.5) is 0 Å². The second-order valence-corrected chi connectivity index (χ2v) is 8.62. The second kappa shape index (κ2) is 10.3. The molecule has 1 fully saturated rings. The van der Waals surface area contributed by atoms with Crippen molar-refractivity contribution in [1.29, 1.82) is 0 Å². The largest absolute Gasteiger partial charge is 0.469 e. The monoisotopic (exact) mass is 430 g/mol. The van der Waals surface area contributed by atoms with E-state index in [1.165, 1.54) is 5.56 Å². The van der Waals surface area contributed by atoms with Gasteiger partial charge in [-0.2, -0.15) is 0 Å². The van der Waals surface area contributed by atoms with Crippen LogP contribution >= 0.6 is 0 Å². The van der Waals surface area contributed by atoms with E-state index in [9.17, 15) is 9.59 Å². The predicted molar refractivity (Wildman–Crippen MR) is 124 cm³/mol. The number of carbonyl (C=O) groups is 2. The first-order chi connectivity index (χ1) is 15.6. The fraction of sp³-hybridized carbons (Fsp3) is 0.333. The van der Waals surface area contributed by atoms with Crippen LogP contribution in [-0.4, -0.2) is 28.8 Å². The molecule has 1 aliphatic rings. The molecule has 0 unspecified atom stereocenters. The number of hydrogen-bond acceptors (Lipinski definition) is 3. The summed E-state index contributed by atoms with van der Waals surface area (Å²) < 4.78 is 5.53. The highest BCUT2D eigenvalue weighted by atomic mass is 16.3. The maximum Gasteiger partial charge on any atom is 0.222 e. The molecule has 32 heavy (non-hydrogen) atoms. The molecule has 3 aromatic rings. The van der Waals surface area contributed by atoms with Gasteiger partial charge in [0, 0.05) is 37.9 Å². The molecule has 0 bridgehead atoms. The number of benzene rings is 2. The van der Waals surface area contributed by atoms with E-state index < -0.39 is 5.54 Å². The quantitative estimate of drug-likeness (QED) is 0.514. The van der Waals surface area contributed by atoms with Gasteiger partial charge in [0.25, 0.3) is 0 Å². The zero-order valence-electron chi connectivity index (χ0n) is 18.3. The topological polar surface area (TPSA) is 62.6 Å². The van der Waals surface area contributed by atoms with Crippen LogP contribution in [0, 0.1) is 0 Å². The SMILES string of the molecule is O=C1CC[C@@](CCC(=O)N(CCc2ccccc2)Cc2ccccc2)(Cc2ccco2)N1. The Morgan fingerprint density at radius 3 is 2.31 bits per heavy atom. The normalized spacial score (nSPS) is 17.8. The minimum atomic E-state index is -0.414. The van der Waals surface area contributed by atoms with Crippen molar-refractivity contribution in [1.82, 2.24) is 10.2 Å². The summed E-state index contributed by atoms with van der Waals surface area (Å²) >= 11 is 0. The van der Waals surface area contributed by atoms with Gasteiger partial charge in [0.05, 0.1) is 6.26 Å². The predicted octanol–water partition coefficient (Wildman–Crippen LogP) is 4.52. The highest BCUT2D eigenvalue weighted by Crippen LogP contribution is 2.30. The molecule has 0 spiro atoms. The van der Waals surface area contributed by atoms with Crippen molar-refractivity contribution in [3.8, 4) is 0 Å². The lowest BCUT2D eigenvalue weighted by Crippen LogP contribution is -2.45. The molecule has 2 amide bonds. The van der Waals surface area contributed by atoms with E-state index in [-0.39, 0.29) is 11.8 Å². The zero-order valence-corrected chi connectivity index (χ0v) is 18.3. The molecular formula is C27H30N2O3. The van der Waals surface area contributed by atoms with Gasteiger partial charge in [0.2, 0.25) is 11.8 Å². The molecular weight excluding hydrogens is 400 g/mol. The Labute approximate surface area is 189 Å². The van der Waals surface area contributed by atoms with Crippen LogP contribution in [0.5, 0.6) is 0 Å². The van der Waals surface area contributed by atoms with E-state index in [4.69, 9.17) is 4.42 Å². The van der Waals surface area contributed by atoms with Crippen LogP contribution in [0.3, 0.4) is 0 Å². The third-order valence-electron chi connectivity index (χ3n) is 6.23. The van der Waals surface area contributed by atoms with Gasteiger partial charge in [0.15, 0.2) is 0 Å². The first-order valence-corrected chi connectivity index (χ1v) is 11.3. The molecule has 0 aliphatic carbocycles. The lowest BCUT2D eigenvalue weighted by Gasteiger charge is -2.30. The minimum Gasteiger partial charge on any atom is -0.469 e. The summed E-state index contributed by atoms with van der Waals surface area (Å²) in [6.45, 7) is 1.25. The van der Waals surface area contributed by atoms with Crippen LogP contribution in [0.2, 0.25) is 0 Å². The number of amides is 2. The average Bonchev–Trinajstić information content (AvgIpc) is 3.46.